The molecule has 0 saturated heterocycles. The number of carbonyl (C=O) groups is 1. The SMILES string of the molecule is C=CCN(CC=C)Cc1sc(=O)[nH]c1CC(=O)OCC. The number of thiazole rings is 1. The molecule has 0 aliphatic carbocycles. The molecule has 0 spiro atoms. The van der Waals surface area contributed by atoms with Crippen LogP contribution in [0.1, 0.15) is 17.5 Å². The maximum Gasteiger partial charge on any atom is 0.311 e. The fourth-order valence-electron chi connectivity index (χ4n) is 1.79. The summed E-state index contributed by atoms with van der Waals surface area (Å²) in [6.07, 6.45) is 3.69. The average Bonchev–Trinajstić information content (AvgIpc) is 2.70. The third kappa shape index (κ3) is 5.14. The number of carbonyl (C=O) groups excluding carboxylic acids is 1. The number of aromatic nitrogens is 1. The highest BCUT2D eigenvalue weighted by molar-refractivity contribution is 7.09. The van der Waals surface area contributed by atoms with Crippen LogP contribution in [0.5, 0.6) is 0 Å². The number of esters is 1. The number of hydrogen-bond donors (Lipinski definition) is 1. The molecule has 0 unspecified atom stereocenters. The van der Waals surface area contributed by atoms with Crippen molar-refractivity contribution in [3.05, 3.63) is 45.5 Å². The van der Waals surface area contributed by atoms with Gasteiger partial charge in [-0.1, -0.05) is 23.5 Å². The third-order valence-corrected chi connectivity index (χ3v) is 3.48. The maximum absolute atomic E-state index is 11.5. The highest BCUT2D eigenvalue weighted by Gasteiger charge is 2.15. The van der Waals surface area contributed by atoms with E-state index in [0.29, 0.717) is 31.9 Å². The van der Waals surface area contributed by atoms with Crippen LogP contribution >= 0.6 is 11.3 Å². The molecule has 0 atom stereocenters. The van der Waals surface area contributed by atoms with Crippen molar-refractivity contribution in [1.29, 1.82) is 0 Å². The minimum Gasteiger partial charge on any atom is -0.466 e. The molecule has 6 heteroatoms. The first-order chi connectivity index (χ1) is 9.60. The summed E-state index contributed by atoms with van der Waals surface area (Å²) >= 11 is 1.13. The number of nitrogens with zero attached hydrogens (tertiary/aromatic N) is 1. The summed E-state index contributed by atoms with van der Waals surface area (Å²) in [4.78, 5) is 28.5. The molecule has 1 heterocycles. The zero-order chi connectivity index (χ0) is 15.0. The van der Waals surface area contributed by atoms with Crippen LogP contribution in [-0.2, 0) is 22.5 Å². The molecule has 1 N–H and O–H groups in total. The Kier molecular flexibility index (Phi) is 6.97. The predicted molar refractivity (Wildman–Crippen MR) is 80.9 cm³/mol. The van der Waals surface area contributed by atoms with Gasteiger partial charge in [0.15, 0.2) is 0 Å². The Morgan fingerprint density at radius 3 is 2.60 bits per heavy atom. The van der Waals surface area contributed by atoms with Gasteiger partial charge in [-0.25, -0.2) is 0 Å². The molecule has 0 fully saturated rings. The zero-order valence-electron chi connectivity index (χ0n) is 11.7. The monoisotopic (exact) mass is 296 g/mol. The van der Waals surface area contributed by atoms with Crippen LogP contribution in [0.25, 0.3) is 0 Å². The molecule has 110 valence electrons. The number of H-pyrrole nitrogens is 1. The van der Waals surface area contributed by atoms with Crippen molar-refractivity contribution in [2.75, 3.05) is 19.7 Å². The number of hydrogen-bond acceptors (Lipinski definition) is 5. The molecule has 20 heavy (non-hydrogen) atoms. The Hall–Kier alpha value is -1.66. The third-order valence-electron chi connectivity index (χ3n) is 2.57. The Labute approximate surface area is 122 Å². The van der Waals surface area contributed by atoms with Crippen molar-refractivity contribution in [3.63, 3.8) is 0 Å². The van der Waals surface area contributed by atoms with E-state index in [9.17, 15) is 9.59 Å². The number of ether oxygens (including phenoxy) is 1. The topological polar surface area (TPSA) is 62.4 Å². The minimum atomic E-state index is -0.332. The van der Waals surface area contributed by atoms with Gasteiger partial charge in [-0.3, -0.25) is 14.5 Å². The van der Waals surface area contributed by atoms with Crippen LogP contribution in [0.15, 0.2) is 30.1 Å². The lowest BCUT2D eigenvalue weighted by Gasteiger charge is -2.18. The quantitative estimate of drug-likeness (QED) is 0.557. The normalized spacial score (nSPS) is 10.5. The predicted octanol–water partition coefficient (Wildman–Crippen LogP) is 1.72. The molecular weight excluding hydrogens is 276 g/mol. The van der Waals surface area contributed by atoms with E-state index >= 15 is 0 Å². The fourth-order valence-corrected chi connectivity index (χ4v) is 2.68. The van der Waals surface area contributed by atoms with E-state index in [4.69, 9.17) is 4.74 Å². The molecule has 0 radical (unpaired) electrons. The first-order valence-corrected chi connectivity index (χ1v) is 7.23. The molecule has 0 aromatic carbocycles. The second-order valence-electron chi connectivity index (χ2n) is 4.17. The first kappa shape index (κ1) is 16.4. The van der Waals surface area contributed by atoms with Crippen LogP contribution in [-0.4, -0.2) is 35.5 Å². The van der Waals surface area contributed by atoms with Gasteiger partial charge in [-0.05, 0) is 6.92 Å². The maximum atomic E-state index is 11.5. The van der Waals surface area contributed by atoms with Gasteiger partial charge in [-0.2, -0.15) is 0 Å². The van der Waals surface area contributed by atoms with E-state index < -0.39 is 0 Å². The molecule has 1 rings (SSSR count). The van der Waals surface area contributed by atoms with E-state index in [1.165, 1.54) is 0 Å². The molecule has 5 nitrogen and oxygen atoms in total. The fraction of sp³-hybridized carbons (Fsp3) is 0.429. The molecular formula is C14H20N2O3S. The van der Waals surface area contributed by atoms with Crippen LogP contribution in [0.2, 0.25) is 0 Å². The number of nitrogens with one attached hydrogen (secondary N) is 1. The van der Waals surface area contributed by atoms with E-state index in [1.807, 2.05) is 0 Å². The second-order valence-corrected chi connectivity index (χ2v) is 5.24. The molecule has 0 bridgehead atoms. The average molecular weight is 296 g/mol. The molecule has 0 amide bonds. The minimum absolute atomic E-state index is 0.0952. The summed E-state index contributed by atoms with van der Waals surface area (Å²) in [6.45, 7) is 11.5. The lowest BCUT2D eigenvalue weighted by molar-refractivity contribution is -0.142. The zero-order valence-corrected chi connectivity index (χ0v) is 12.5. The van der Waals surface area contributed by atoms with Gasteiger partial charge < -0.3 is 9.72 Å². The van der Waals surface area contributed by atoms with Crippen molar-refractivity contribution < 1.29 is 9.53 Å². The van der Waals surface area contributed by atoms with Crippen molar-refractivity contribution in [3.8, 4) is 0 Å². The highest BCUT2D eigenvalue weighted by Crippen LogP contribution is 2.14. The van der Waals surface area contributed by atoms with Crippen molar-refractivity contribution in [2.24, 2.45) is 0 Å². The molecule has 1 aromatic heterocycles. The van der Waals surface area contributed by atoms with Gasteiger partial charge in [0.25, 0.3) is 0 Å². The van der Waals surface area contributed by atoms with Crippen molar-refractivity contribution in [2.45, 2.75) is 19.9 Å². The number of rotatable bonds is 9. The van der Waals surface area contributed by atoms with Gasteiger partial charge in [0, 0.05) is 30.2 Å². The Bertz CT molecular complexity index is 509. The Morgan fingerprint density at radius 2 is 2.05 bits per heavy atom. The summed E-state index contributed by atoms with van der Waals surface area (Å²) in [5, 5.41) is 0. The highest BCUT2D eigenvalue weighted by atomic mass is 32.1. The van der Waals surface area contributed by atoms with Crippen molar-refractivity contribution in [1.82, 2.24) is 9.88 Å². The molecule has 0 aliphatic rings. The van der Waals surface area contributed by atoms with Gasteiger partial charge in [-0.15, -0.1) is 13.2 Å². The van der Waals surface area contributed by atoms with Crippen LogP contribution < -0.4 is 4.87 Å². The first-order valence-electron chi connectivity index (χ1n) is 6.41. The van der Waals surface area contributed by atoms with Crippen LogP contribution in [0, 0.1) is 0 Å². The Balaban J connectivity index is 2.82. The lowest BCUT2D eigenvalue weighted by Crippen LogP contribution is -2.23. The van der Waals surface area contributed by atoms with Crippen LogP contribution in [0.3, 0.4) is 0 Å². The summed E-state index contributed by atoms with van der Waals surface area (Å²) in [6, 6.07) is 0. The smallest absolute Gasteiger partial charge is 0.311 e. The second kappa shape index (κ2) is 8.50. The summed E-state index contributed by atoms with van der Waals surface area (Å²) in [7, 11) is 0. The van der Waals surface area contributed by atoms with Gasteiger partial charge in [0.1, 0.15) is 0 Å². The van der Waals surface area contributed by atoms with Gasteiger partial charge in [0.05, 0.1) is 13.0 Å². The van der Waals surface area contributed by atoms with E-state index in [2.05, 4.69) is 23.0 Å². The largest absolute Gasteiger partial charge is 0.466 e. The van der Waals surface area contributed by atoms with E-state index in [-0.39, 0.29) is 17.3 Å². The summed E-state index contributed by atoms with van der Waals surface area (Å²) in [5.74, 6) is -0.332. The van der Waals surface area contributed by atoms with E-state index in [0.717, 1.165) is 16.2 Å². The standard InChI is InChI=1S/C14H20N2O3S/c1-4-7-16(8-5-2)10-12-11(15-14(18)20-12)9-13(17)19-6-3/h4-5H,1-2,6-10H2,3H3,(H,15,18). The summed E-state index contributed by atoms with van der Waals surface area (Å²) in [5.41, 5.74) is 0.636. The number of aromatic amines is 1. The van der Waals surface area contributed by atoms with Crippen LogP contribution in [0.4, 0.5) is 0 Å². The molecule has 0 aliphatic heterocycles. The molecule has 0 saturated carbocycles. The Morgan fingerprint density at radius 1 is 1.40 bits per heavy atom. The van der Waals surface area contributed by atoms with E-state index in [1.54, 1.807) is 19.1 Å². The van der Waals surface area contributed by atoms with Gasteiger partial charge >= 0.3 is 10.8 Å². The lowest BCUT2D eigenvalue weighted by atomic mass is 10.2. The van der Waals surface area contributed by atoms with Gasteiger partial charge in [0.2, 0.25) is 0 Å². The summed E-state index contributed by atoms with van der Waals surface area (Å²) < 4.78 is 4.91. The van der Waals surface area contributed by atoms with Crippen molar-refractivity contribution >= 4 is 17.3 Å². The molecule has 1 aromatic rings.